The smallest absolute Gasteiger partial charge is 0.243 e. The van der Waals surface area contributed by atoms with E-state index in [0.29, 0.717) is 11.8 Å². The summed E-state index contributed by atoms with van der Waals surface area (Å²) in [6.07, 6.45) is 6.04. The predicted octanol–water partition coefficient (Wildman–Crippen LogP) is 2.60. The number of carbonyl (C=O) groups is 1. The largest absolute Gasteiger partial charge is 0.381 e. The van der Waals surface area contributed by atoms with Crippen LogP contribution in [0.15, 0.2) is 4.99 Å². The molecule has 152 valence electrons. The first kappa shape index (κ1) is 22.7. The van der Waals surface area contributed by atoms with Crippen molar-refractivity contribution in [2.75, 3.05) is 53.5 Å². The van der Waals surface area contributed by atoms with Crippen LogP contribution in [0.25, 0.3) is 0 Å². The Morgan fingerprint density at radius 1 is 1.35 bits per heavy atom. The first-order valence-electron chi connectivity index (χ1n) is 10.3. The lowest BCUT2D eigenvalue weighted by Crippen LogP contribution is -2.43. The number of nitrogens with one attached hydrogen (secondary N) is 1. The molecule has 26 heavy (non-hydrogen) atoms. The molecule has 1 saturated heterocycles. The van der Waals surface area contributed by atoms with Gasteiger partial charge in [-0.3, -0.25) is 4.79 Å². The molecule has 2 unspecified atom stereocenters. The summed E-state index contributed by atoms with van der Waals surface area (Å²) in [5, 5.41) is 3.56. The summed E-state index contributed by atoms with van der Waals surface area (Å²) in [5.74, 6) is 2.13. The fraction of sp³-hybridized carbons (Fsp3) is 0.900. The molecule has 0 aromatic carbocycles. The van der Waals surface area contributed by atoms with Gasteiger partial charge in [-0.1, -0.05) is 33.1 Å². The van der Waals surface area contributed by atoms with Crippen molar-refractivity contribution >= 4 is 11.9 Å². The molecule has 1 heterocycles. The molecular formula is C20H40N4O2. The van der Waals surface area contributed by atoms with Crippen molar-refractivity contribution in [1.29, 1.82) is 0 Å². The standard InChI is InChI=1S/C20H40N4O2/c1-6-9-10-17(7-2)13-21-20(22-14-19(25)23(4)5)24-12-11-18(15-24)16-26-8-3/h17-18H,6-16H2,1-5H3,(H,21,22). The van der Waals surface area contributed by atoms with E-state index in [4.69, 9.17) is 4.74 Å². The third kappa shape index (κ3) is 8.39. The number of carbonyl (C=O) groups excluding carboxylic acids is 1. The van der Waals surface area contributed by atoms with E-state index in [1.807, 2.05) is 6.92 Å². The number of unbranched alkanes of at least 4 members (excludes halogenated alkanes) is 1. The zero-order chi connectivity index (χ0) is 19.4. The highest BCUT2D eigenvalue weighted by molar-refractivity contribution is 5.85. The number of likely N-dealkylation sites (N-methyl/N-ethyl adjacent to an activating group) is 1. The second-order valence-corrected chi connectivity index (χ2v) is 7.49. The first-order chi connectivity index (χ1) is 12.5. The summed E-state index contributed by atoms with van der Waals surface area (Å²) in [6.45, 7) is 11.2. The molecule has 6 nitrogen and oxygen atoms in total. The number of aliphatic imine (C=N–C) groups is 1. The van der Waals surface area contributed by atoms with E-state index < -0.39 is 0 Å². The van der Waals surface area contributed by atoms with Gasteiger partial charge in [0.2, 0.25) is 5.91 Å². The minimum Gasteiger partial charge on any atom is -0.381 e. The van der Waals surface area contributed by atoms with E-state index in [1.165, 1.54) is 25.7 Å². The van der Waals surface area contributed by atoms with Gasteiger partial charge >= 0.3 is 0 Å². The quantitative estimate of drug-likeness (QED) is 0.450. The van der Waals surface area contributed by atoms with Gasteiger partial charge in [0.05, 0.1) is 6.61 Å². The van der Waals surface area contributed by atoms with E-state index >= 15 is 0 Å². The maximum absolute atomic E-state index is 12.0. The van der Waals surface area contributed by atoms with Crippen molar-refractivity contribution in [3.8, 4) is 0 Å². The van der Waals surface area contributed by atoms with Crippen molar-refractivity contribution in [1.82, 2.24) is 15.1 Å². The molecule has 1 aliphatic rings. The number of rotatable bonds is 11. The van der Waals surface area contributed by atoms with Gasteiger partial charge < -0.3 is 19.9 Å². The number of nitrogens with zero attached hydrogens (tertiary/aromatic N) is 3. The Labute approximate surface area is 160 Å². The van der Waals surface area contributed by atoms with Gasteiger partial charge in [0.25, 0.3) is 0 Å². The fourth-order valence-electron chi connectivity index (χ4n) is 3.18. The zero-order valence-electron chi connectivity index (χ0n) is 17.6. The molecule has 6 heteroatoms. The topological polar surface area (TPSA) is 57.2 Å². The van der Waals surface area contributed by atoms with Crippen molar-refractivity contribution < 1.29 is 9.53 Å². The summed E-state index contributed by atoms with van der Waals surface area (Å²) in [7, 11) is 3.55. The highest BCUT2D eigenvalue weighted by Crippen LogP contribution is 2.17. The maximum atomic E-state index is 12.0. The van der Waals surface area contributed by atoms with E-state index in [2.05, 4.69) is 29.1 Å². The number of hydrogen-bond acceptors (Lipinski definition) is 3. The molecule has 1 amide bonds. The molecule has 1 fully saturated rings. The monoisotopic (exact) mass is 368 g/mol. The number of ether oxygens (including phenoxy) is 1. The van der Waals surface area contributed by atoms with Crippen LogP contribution in [-0.2, 0) is 9.53 Å². The number of guanidine groups is 1. The molecule has 2 atom stereocenters. The van der Waals surface area contributed by atoms with Crippen molar-refractivity contribution in [3.63, 3.8) is 0 Å². The minimum atomic E-state index is 0.0346. The molecule has 0 aromatic heterocycles. The fourth-order valence-corrected chi connectivity index (χ4v) is 3.18. The summed E-state index contributed by atoms with van der Waals surface area (Å²) in [4.78, 5) is 20.5. The van der Waals surface area contributed by atoms with Gasteiger partial charge in [0, 0.05) is 46.3 Å². The van der Waals surface area contributed by atoms with E-state index in [1.54, 1.807) is 19.0 Å². The van der Waals surface area contributed by atoms with Gasteiger partial charge in [0.1, 0.15) is 6.54 Å². The van der Waals surface area contributed by atoms with Crippen molar-refractivity contribution in [2.24, 2.45) is 16.8 Å². The molecule has 0 saturated carbocycles. The van der Waals surface area contributed by atoms with Crippen LogP contribution in [0.4, 0.5) is 0 Å². The van der Waals surface area contributed by atoms with Crippen LogP contribution in [0.3, 0.4) is 0 Å². The summed E-state index contributed by atoms with van der Waals surface area (Å²) >= 11 is 0. The van der Waals surface area contributed by atoms with Crippen molar-refractivity contribution in [3.05, 3.63) is 0 Å². The number of hydrogen-bond donors (Lipinski definition) is 1. The molecule has 1 N–H and O–H groups in total. The van der Waals surface area contributed by atoms with Gasteiger partial charge in [-0.25, -0.2) is 4.99 Å². The van der Waals surface area contributed by atoms with Crippen molar-refractivity contribution in [2.45, 2.75) is 52.9 Å². The Morgan fingerprint density at radius 3 is 2.73 bits per heavy atom. The second-order valence-electron chi connectivity index (χ2n) is 7.49. The molecular weight excluding hydrogens is 328 g/mol. The molecule has 1 rings (SSSR count). The number of likely N-dealkylation sites (tertiary alicyclic amines) is 1. The molecule has 0 bridgehead atoms. The average molecular weight is 369 g/mol. The molecule has 0 aromatic rings. The van der Waals surface area contributed by atoms with Crippen LogP contribution in [0, 0.1) is 11.8 Å². The molecule has 1 aliphatic heterocycles. The lowest BCUT2D eigenvalue weighted by molar-refractivity contribution is -0.127. The van der Waals surface area contributed by atoms with Crippen LogP contribution in [-0.4, -0.2) is 75.2 Å². The Bertz CT molecular complexity index is 426. The van der Waals surface area contributed by atoms with Gasteiger partial charge in [0.15, 0.2) is 5.96 Å². The van der Waals surface area contributed by atoms with E-state index in [0.717, 1.165) is 45.2 Å². The Balaban J connectivity index is 2.67. The minimum absolute atomic E-state index is 0.0346. The van der Waals surface area contributed by atoms with Crippen LogP contribution >= 0.6 is 0 Å². The Morgan fingerprint density at radius 2 is 2.12 bits per heavy atom. The van der Waals surface area contributed by atoms with Crippen LogP contribution in [0.1, 0.15) is 52.9 Å². The Kier molecular flexibility index (Phi) is 11.3. The van der Waals surface area contributed by atoms with Gasteiger partial charge in [-0.2, -0.15) is 0 Å². The average Bonchev–Trinajstić information content (AvgIpc) is 3.10. The zero-order valence-corrected chi connectivity index (χ0v) is 17.6. The molecule has 0 aliphatic carbocycles. The maximum Gasteiger partial charge on any atom is 0.243 e. The van der Waals surface area contributed by atoms with E-state index in [-0.39, 0.29) is 12.5 Å². The lowest BCUT2D eigenvalue weighted by atomic mass is 9.99. The first-order valence-corrected chi connectivity index (χ1v) is 10.3. The van der Waals surface area contributed by atoms with Crippen LogP contribution < -0.4 is 5.32 Å². The summed E-state index contributed by atoms with van der Waals surface area (Å²) < 4.78 is 5.59. The highest BCUT2D eigenvalue weighted by Gasteiger charge is 2.25. The molecule has 0 spiro atoms. The highest BCUT2D eigenvalue weighted by atomic mass is 16.5. The van der Waals surface area contributed by atoms with Gasteiger partial charge in [-0.15, -0.1) is 0 Å². The van der Waals surface area contributed by atoms with Crippen LogP contribution in [0.5, 0.6) is 0 Å². The third-order valence-corrected chi connectivity index (χ3v) is 5.10. The third-order valence-electron chi connectivity index (χ3n) is 5.10. The number of amides is 1. The summed E-state index contributed by atoms with van der Waals surface area (Å²) in [5.41, 5.74) is 0. The SMILES string of the molecule is CCCCC(CC)CNC(=NCC(=O)N(C)C)N1CCC(COCC)C1. The van der Waals surface area contributed by atoms with Gasteiger partial charge in [-0.05, 0) is 25.7 Å². The van der Waals surface area contributed by atoms with Crippen LogP contribution in [0.2, 0.25) is 0 Å². The lowest BCUT2D eigenvalue weighted by Gasteiger charge is -2.25. The predicted molar refractivity (Wildman–Crippen MR) is 108 cm³/mol. The summed E-state index contributed by atoms with van der Waals surface area (Å²) in [6, 6.07) is 0. The normalized spacial score (nSPS) is 18.9. The Hall–Kier alpha value is -1.30. The second kappa shape index (κ2) is 13.0. The molecule has 0 radical (unpaired) electrons. The van der Waals surface area contributed by atoms with E-state index in [9.17, 15) is 4.79 Å².